The van der Waals surface area contributed by atoms with Crippen molar-refractivity contribution in [1.29, 1.82) is 0 Å². The van der Waals surface area contributed by atoms with E-state index >= 15 is 0 Å². The zero-order valence-corrected chi connectivity index (χ0v) is 20.3. The number of alkyl halides is 3. The Morgan fingerprint density at radius 1 is 1.14 bits per heavy atom. The Hall–Kier alpha value is -2.17. The lowest BCUT2D eigenvalue weighted by atomic mass is 10.1. The van der Waals surface area contributed by atoms with Crippen molar-refractivity contribution >= 4 is 21.0 Å². The van der Waals surface area contributed by atoms with E-state index in [1.54, 1.807) is 0 Å². The van der Waals surface area contributed by atoms with E-state index in [4.69, 9.17) is 19.4 Å². The van der Waals surface area contributed by atoms with Gasteiger partial charge in [-0.1, -0.05) is 12.1 Å². The quantitative estimate of drug-likeness (QED) is 0.171. The smallest absolute Gasteiger partial charge is 0.387 e. The minimum Gasteiger partial charge on any atom is -0.387 e. The van der Waals surface area contributed by atoms with Crippen LogP contribution in [0.2, 0.25) is 0 Å². The first-order chi connectivity index (χ1) is 17.1. The highest BCUT2D eigenvalue weighted by Gasteiger charge is 2.45. The van der Waals surface area contributed by atoms with Gasteiger partial charge in [-0.3, -0.25) is 18.5 Å². The summed E-state index contributed by atoms with van der Waals surface area (Å²) in [6.45, 7) is -1.14. The average Bonchev–Trinajstić information content (AvgIpc) is 3.04. The Labute approximate surface area is 205 Å². The minimum atomic E-state index is -4.89. The summed E-state index contributed by atoms with van der Waals surface area (Å²) in [4.78, 5) is 48.3. The molecule has 0 amide bonds. The molecule has 1 aliphatic rings. The molecule has 6 N–H and O–H groups in total. The van der Waals surface area contributed by atoms with Gasteiger partial charge in [-0.15, -0.1) is 0 Å². The first kappa shape index (κ1) is 29.4. The number of rotatable bonds is 10. The van der Waals surface area contributed by atoms with Gasteiger partial charge in [0.15, 0.2) is 17.9 Å². The van der Waals surface area contributed by atoms with Crippen LogP contribution in [0.3, 0.4) is 0 Å². The first-order valence-corrected chi connectivity index (χ1v) is 13.8. The van der Waals surface area contributed by atoms with Gasteiger partial charge in [-0.05, 0) is 23.8 Å². The summed E-state index contributed by atoms with van der Waals surface area (Å²) < 4.78 is 71.7. The molecule has 14 nitrogen and oxygen atoms in total. The Morgan fingerprint density at radius 2 is 1.84 bits per heavy atom. The molecule has 1 saturated heterocycles. The van der Waals surface area contributed by atoms with Crippen molar-refractivity contribution in [3.8, 4) is 0 Å². The number of nitrogens with zero attached hydrogens (tertiary/aromatic N) is 2. The number of benzene rings is 1. The third-order valence-electron chi connectivity index (χ3n) is 4.91. The number of hydrogen-bond acceptors (Lipinski definition) is 10. The highest BCUT2D eigenvalue weighted by Crippen LogP contribution is 2.55. The molecule has 2 heterocycles. The Morgan fingerprint density at radius 3 is 2.46 bits per heavy atom. The molecule has 5 atom stereocenters. The zero-order valence-electron chi connectivity index (χ0n) is 18.5. The molecule has 0 saturated carbocycles. The molecule has 3 rings (SSSR count). The van der Waals surface area contributed by atoms with E-state index in [1.807, 2.05) is 0 Å². The van der Waals surface area contributed by atoms with Gasteiger partial charge in [-0.2, -0.15) is 18.2 Å². The molecular weight excluding hydrogens is 553 g/mol. The lowest BCUT2D eigenvalue weighted by Gasteiger charge is -2.18. The third kappa shape index (κ3) is 8.15. The van der Waals surface area contributed by atoms with Crippen molar-refractivity contribution in [2.24, 2.45) is 0 Å². The normalized spacial score (nSPS) is 24.1. The van der Waals surface area contributed by atoms with Crippen molar-refractivity contribution < 1.29 is 61.3 Å². The molecule has 0 bridgehead atoms. The van der Waals surface area contributed by atoms with Crippen LogP contribution in [-0.2, 0) is 36.0 Å². The van der Waals surface area contributed by atoms with E-state index in [0.717, 1.165) is 22.9 Å². The summed E-state index contributed by atoms with van der Waals surface area (Å²) in [5.41, 5.74) is 0.620. The van der Waals surface area contributed by atoms with Gasteiger partial charge in [0.05, 0.1) is 18.8 Å². The van der Waals surface area contributed by atoms with E-state index in [1.165, 1.54) is 18.2 Å². The topological polar surface area (TPSA) is 210 Å². The van der Waals surface area contributed by atoms with Crippen LogP contribution in [0.15, 0.2) is 41.3 Å². The average molecular weight is 575 g/mol. The summed E-state index contributed by atoms with van der Waals surface area (Å²) in [7, 11) is -9.65. The fourth-order valence-electron chi connectivity index (χ4n) is 3.25. The van der Waals surface area contributed by atoms with Crippen LogP contribution >= 0.6 is 15.2 Å². The molecule has 1 aromatic carbocycles. The van der Waals surface area contributed by atoms with E-state index in [0.29, 0.717) is 0 Å². The van der Waals surface area contributed by atoms with Gasteiger partial charge >= 0.3 is 27.1 Å². The fraction of sp³-hybridized carbons (Fsp3) is 0.444. The van der Waals surface area contributed by atoms with Crippen LogP contribution in [0.1, 0.15) is 17.4 Å². The molecule has 37 heavy (non-hydrogen) atoms. The zero-order chi connectivity index (χ0) is 27.6. The molecule has 0 aliphatic carbocycles. The van der Waals surface area contributed by atoms with E-state index in [9.17, 15) is 42.2 Å². The summed E-state index contributed by atoms with van der Waals surface area (Å²) >= 11 is 0. The van der Waals surface area contributed by atoms with E-state index in [2.05, 4.69) is 15.0 Å². The van der Waals surface area contributed by atoms with Gasteiger partial charge < -0.3 is 34.2 Å². The summed E-state index contributed by atoms with van der Waals surface area (Å²) in [6.07, 6.45) is -9.81. The van der Waals surface area contributed by atoms with Crippen LogP contribution in [-0.4, -0.2) is 65.3 Å². The number of hydrogen-bond donors (Lipinski definition) is 6. The molecular formula is C18H22F3N3O11P2. The number of aromatic nitrogens is 2. The standard InChI is InChI=1S/C18H22F3N3O11P2/c19-18(20,21)11-3-1-2-10(6-11)7-33-23-13-4-5-24(17(27)22-13)16-15(26)14(25)12(35-16)8-34-37(31,32)9-36(28,29)30/h1-6,12,14-16,25-26H,7-9H2,(H,31,32)(H,22,23,27)(H2,28,29,30)/t12-,14-,15-,16-/m1/s1. The SMILES string of the molecule is O=c1nc(NOCc2cccc(C(F)(F)F)c2)ccn1[C@@H]1O[C@H](COP(=O)(O)CP(=O)(O)O)[C@@H](O)[C@H]1O. The van der Waals surface area contributed by atoms with Crippen molar-refractivity contribution in [3.63, 3.8) is 0 Å². The highest BCUT2D eigenvalue weighted by atomic mass is 31.2. The van der Waals surface area contributed by atoms with Crippen molar-refractivity contribution in [1.82, 2.24) is 9.55 Å². The Bertz CT molecular complexity index is 1260. The van der Waals surface area contributed by atoms with E-state index in [-0.39, 0.29) is 18.0 Å². The highest BCUT2D eigenvalue weighted by molar-refractivity contribution is 7.70. The van der Waals surface area contributed by atoms with Crippen LogP contribution in [0.25, 0.3) is 0 Å². The van der Waals surface area contributed by atoms with Crippen molar-refractivity contribution in [2.75, 3.05) is 18.0 Å². The second-order valence-electron chi connectivity index (χ2n) is 7.88. The van der Waals surface area contributed by atoms with Crippen molar-refractivity contribution in [3.05, 3.63) is 58.1 Å². The van der Waals surface area contributed by atoms with Gasteiger partial charge in [-0.25, -0.2) is 10.3 Å². The molecule has 1 fully saturated rings. The number of anilines is 1. The van der Waals surface area contributed by atoms with Crippen LogP contribution < -0.4 is 11.2 Å². The fourth-order valence-corrected chi connectivity index (χ4v) is 5.82. The number of aliphatic hydroxyl groups is 2. The van der Waals surface area contributed by atoms with Crippen LogP contribution in [0.5, 0.6) is 0 Å². The lowest BCUT2D eigenvalue weighted by Crippen LogP contribution is -2.36. The number of ether oxygens (including phenoxy) is 1. The third-order valence-corrected chi connectivity index (χ3v) is 8.37. The maximum atomic E-state index is 12.8. The Balaban J connectivity index is 1.60. The number of nitrogens with one attached hydrogen (secondary N) is 1. The Kier molecular flexibility index (Phi) is 8.97. The maximum Gasteiger partial charge on any atom is 0.416 e. The molecule has 0 radical (unpaired) electrons. The van der Waals surface area contributed by atoms with Crippen molar-refractivity contribution in [2.45, 2.75) is 37.3 Å². The molecule has 19 heteroatoms. The van der Waals surface area contributed by atoms with Gasteiger partial charge in [0.25, 0.3) is 0 Å². The maximum absolute atomic E-state index is 12.8. The second kappa shape index (κ2) is 11.3. The first-order valence-electron chi connectivity index (χ1n) is 10.2. The molecule has 206 valence electrons. The number of aliphatic hydroxyl groups excluding tert-OH is 2. The van der Waals surface area contributed by atoms with Crippen LogP contribution in [0.4, 0.5) is 19.0 Å². The largest absolute Gasteiger partial charge is 0.416 e. The lowest BCUT2D eigenvalue weighted by molar-refractivity contribution is -0.137. The summed E-state index contributed by atoms with van der Waals surface area (Å²) in [5, 5.41) is 20.4. The number of halogens is 3. The van der Waals surface area contributed by atoms with Gasteiger partial charge in [0.2, 0.25) is 0 Å². The predicted molar refractivity (Wildman–Crippen MR) is 117 cm³/mol. The molecule has 0 spiro atoms. The summed E-state index contributed by atoms with van der Waals surface area (Å²) in [6, 6.07) is 5.59. The van der Waals surface area contributed by atoms with E-state index < -0.39 is 69.7 Å². The predicted octanol–water partition coefficient (Wildman–Crippen LogP) is 0.762. The molecule has 2 aromatic rings. The van der Waals surface area contributed by atoms with Crippen LogP contribution in [0, 0.1) is 0 Å². The monoisotopic (exact) mass is 575 g/mol. The molecule has 1 aromatic heterocycles. The minimum absolute atomic E-state index is 0.139. The molecule has 1 aliphatic heterocycles. The van der Waals surface area contributed by atoms with Gasteiger partial charge in [0, 0.05) is 6.20 Å². The second-order valence-corrected chi connectivity index (χ2v) is 11.9. The molecule has 1 unspecified atom stereocenters. The van der Waals surface area contributed by atoms with Gasteiger partial charge in [0.1, 0.15) is 18.3 Å². The summed E-state index contributed by atoms with van der Waals surface area (Å²) in [5.74, 6) is -1.61.